The largest absolute Gasteiger partial charge is 0.360 e. The molecule has 1 aromatic carbocycles. The lowest BCUT2D eigenvalue weighted by Crippen LogP contribution is -2.32. The molecule has 1 heterocycles. The molecule has 1 N–H and O–H groups in total. The molecule has 1 saturated heterocycles. The average molecular weight is 329 g/mol. The SMILES string of the molecule is C=C(C)Nc1ccc(CC)c(CCC2CCN(C(CC)CC)C2)c1. The van der Waals surface area contributed by atoms with Crippen molar-refractivity contribution < 1.29 is 0 Å². The highest BCUT2D eigenvalue weighted by Gasteiger charge is 2.26. The Morgan fingerprint density at radius 3 is 2.62 bits per heavy atom. The lowest BCUT2D eigenvalue weighted by molar-refractivity contribution is 0.220. The van der Waals surface area contributed by atoms with Crippen molar-refractivity contribution in [2.45, 2.75) is 72.3 Å². The standard InChI is InChI=1S/C22H36N2/c1-6-19-11-12-21(23-17(4)5)15-20(19)10-9-18-13-14-24(16-18)22(7-2)8-3/h11-12,15,18,22-23H,4,6-10,13-14,16H2,1-3,5H3. The summed E-state index contributed by atoms with van der Waals surface area (Å²) in [5, 5.41) is 3.36. The smallest absolute Gasteiger partial charge is 0.0384 e. The zero-order valence-corrected chi connectivity index (χ0v) is 16.2. The van der Waals surface area contributed by atoms with Crippen LogP contribution in [0.1, 0.15) is 64.5 Å². The molecule has 1 aromatic rings. The Morgan fingerprint density at radius 2 is 2.00 bits per heavy atom. The third-order valence-corrected chi connectivity index (χ3v) is 5.54. The summed E-state index contributed by atoms with van der Waals surface area (Å²) in [6.07, 6.45) is 7.60. The maximum absolute atomic E-state index is 3.96. The van der Waals surface area contributed by atoms with Crippen LogP contribution in [0.2, 0.25) is 0 Å². The molecule has 134 valence electrons. The van der Waals surface area contributed by atoms with Gasteiger partial charge in [-0.15, -0.1) is 0 Å². The number of hydrogen-bond acceptors (Lipinski definition) is 2. The van der Waals surface area contributed by atoms with Gasteiger partial charge in [0.1, 0.15) is 0 Å². The monoisotopic (exact) mass is 328 g/mol. The van der Waals surface area contributed by atoms with E-state index in [1.165, 1.54) is 62.0 Å². The van der Waals surface area contributed by atoms with E-state index in [1.54, 1.807) is 0 Å². The van der Waals surface area contributed by atoms with E-state index in [9.17, 15) is 0 Å². The van der Waals surface area contributed by atoms with E-state index >= 15 is 0 Å². The van der Waals surface area contributed by atoms with E-state index in [1.807, 2.05) is 6.92 Å². The van der Waals surface area contributed by atoms with Crippen LogP contribution >= 0.6 is 0 Å². The lowest BCUT2D eigenvalue weighted by atomic mass is 9.94. The number of aryl methyl sites for hydroxylation is 2. The van der Waals surface area contributed by atoms with Crippen LogP contribution in [0, 0.1) is 5.92 Å². The second-order valence-electron chi connectivity index (χ2n) is 7.40. The molecule has 2 nitrogen and oxygen atoms in total. The van der Waals surface area contributed by atoms with Gasteiger partial charge in [-0.2, -0.15) is 0 Å². The second-order valence-corrected chi connectivity index (χ2v) is 7.40. The number of rotatable bonds is 9. The zero-order chi connectivity index (χ0) is 17.5. The van der Waals surface area contributed by atoms with Gasteiger partial charge in [0.25, 0.3) is 0 Å². The van der Waals surface area contributed by atoms with Gasteiger partial charge in [-0.05, 0) is 81.2 Å². The number of hydrogen-bond donors (Lipinski definition) is 1. The van der Waals surface area contributed by atoms with Crippen molar-refractivity contribution in [2.75, 3.05) is 18.4 Å². The van der Waals surface area contributed by atoms with Crippen LogP contribution in [0.5, 0.6) is 0 Å². The topological polar surface area (TPSA) is 15.3 Å². The molecule has 0 saturated carbocycles. The highest BCUT2D eigenvalue weighted by Crippen LogP contribution is 2.27. The zero-order valence-electron chi connectivity index (χ0n) is 16.2. The average Bonchev–Trinajstić information content (AvgIpc) is 3.02. The summed E-state index contributed by atoms with van der Waals surface area (Å²) in [6, 6.07) is 7.60. The van der Waals surface area contributed by atoms with Gasteiger partial charge < -0.3 is 10.2 Å². The summed E-state index contributed by atoms with van der Waals surface area (Å²) in [5.74, 6) is 0.869. The Kier molecular flexibility index (Phi) is 7.36. The minimum Gasteiger partial charge on any atom is -0.360 e. The summed E-state index contributed by atoms with van der Waals surface area (Å²) in [5.41, 5.74) is 5.20. The predicted octanol–water partition coefficient (Wildman–Crippen LogP) is 5.64. The van der Waals surface area contributed by atoms with Crippen LogP contribution in [0.15, 0.2) is 30.5 Å². The van der Waals surface area contributed by atoms with Crippen molar-refractivity contribution >= 4 is 5.69 Å². The van der Waals surface area contributed by atoms with Crippen molar-refractivity contribution in [3.05, 3.63) is 41.6 Å². The van der Waals surface area contributed by atoms with Crippen LogP contribution in [-0.4, -0.2) is 24.0 Å². The van der Waals surface area contributed by atoms with Gasteiger partial charge >= 0.3 is 0 Å². The van der Waals surface area contributed by atoms with E-state index in [0.717, 1.165) is 24.1 Å². The lowest BCUT2D eigenvalue weighted by Gasteiger charge is -2.25. The van der Waals surface area contributed by atoms with E-state index in [4.69, 9.17) is 0 Å². The summed E-state index contributed by atoms with van der Waals surface area (Å²) >= 11 is 0. The minimum absolute atomic E-state index is 0.796. The fraction of sp³-hybridized carbons (Fsp3) is 0.636. The van der Waals surface area contributed by atoms with Crippen molar-refractivity contribution in [3.63, 3.8) is 0 Å². The van der Waals surface area contributed by atoms with Crippen LogP contribution in [0.4, 0.5) is 5.69 Å². The molecule has 1 aliphatic heterocycles. The number of nitrogens with zero attached hydrogens (tertiary/aromatic N) is 1. The second kappa shape index (κ2) is 9.27. The molecule has 2 heteroatoms. The molecule has 1 fully saturated rings. The number of allylic oxidation sites excluding steroid dienone is 1. The number of anilines is 1. The molecule has 1 atom stereocenters. The molecule has 0 amide bonds. The number of likely N-dealkylation sites (tertiary alicyclic amines) is 1. The van der Waals surface area contributed by atoms with E-state index in [-0.39, 0.29) is 0 Å². The maximum atomic E-state index is 3.96. The van der Waals surface area contributed by atoms with Crippen molar-refractivity contribution in [2.24, 2.45) is 5.92 Å². The first-order valence-corrected chi connectivity index (χ1v) is 9.85. The molecule has 0 aliphatic carbocycles. The van der Waals surface area contributed by atoms with E-state index in [2.05, 4.69) is 55.8 Å². The van der Waals surface area contributed by atoms with Crippen LogP contribution in [0.25, 0.3) is 0 Å². The first kappa shape index (κ1) is 19.1. The minimum atomic E-state index is 0.796. The van der Waals surface area contributed by atoms with Crippen LogP contribution in [0.3, 0.4) is 0 Å². The summed E-state index contributed by atoms with van der Waals surface area (Å²) in [4.78, 5) is 2.73. The summed E-state index contributed by atoms with van der Waals surface area (Å²) < 4.78 is 0. The van der Waals surface area contributed by atoms with Crippen molar-refractivity contribution in [1.82, 2.24) is 4.90 Å². The molecular formula is C22H36N2. The van der Waals surface area contributed by atoms with Gasteiger partial charge in [0.05, 0.1) is 0 Å². The number of benzene rings is 1. The van der Waals surface area contributed by atoms with Gasteiger partial charge in [0.15, 0.2) is 0 Å². The fourth-order valence-electron chi connectivity index (χ4n) is 4.12. The molecule has 0 bridgehead atoms. The van der Waals surface area contributed by atoms with Gasteiger partial charge in [-0.25, -0.2) is 0 Å². The molecule has 0 aromatic heterocycles. The van der Waals surface area contributed by atoms with Crippen LogP contribution in [-0.2, 0) is 12.8 Å². The Morgan fingerprint density at radius 1 is 1.25 bits per heavy atom. The normalized spacial score (nSPS) is 18.3. The van der Waals surface area contributed by atoms with Gasteiger partial charge in [-0.3, -0.25) is 0 Å². The Labute approximate surface area is 149 Å². The highest BCUT2D eigenvalue weighted by atomic mass is 15.2. The van der Waals surface area contributed by atoms with Crippen molar-refractivity contribution in [1.29, 1.82) is 0 Å². The molecule has 1 aliphatic rings. The van der Waals surface area contributed by atoms with Gasteiger partial charge in [0.2, 0.25) is 0 Å². The molecular weight excluding hydrogens is 292 g/mol. The quantitative estimate of drug-likeness (QED) is 0.631. The molecule has 1 unspecified atom stereocenters. The summed E-state index contributed by atoms with van der Waals surface area (Å²) in [6.45, 7) is 15.5. The maximum Gasteiger partial charge on any atom is 0.0384 e. The number of nitrogens with one attached hydrogen (secondary N) is 1. The van der Waals surface area contributed by atoms with Gasteiger partial charge in [-0.1, -0.05) is 33.4 Å². The van der Waals surface area contributed by atoms with E-state index in [0.29, 0.717) is 0 Å². The fourth-order valence-corrected chi connectivity index (χ4v) is 4.12. The Hall–Kier alpha value is -1.28. The third kappa shape index (κ3) is 5.11. The highest BCUT2D eigenvalue weighted by molar-refractivity contribution is 5.51. The third-order valence-electron chi connectivity index (χ3n) is 5.54. The van der Waals surface area contributed by atoms with Crippen molar-refractivity contribution in [3.8, 4) is 0 Å². The molecule has 24 heavy (non-hydrogen) atoms. The molecule has 0 radical (unpaired) electrons. The van der Waals surface area contributed by atoms with E-state index < -0.39 is 0 Å². The Bertz CT molecular complexity index is 531. The summed E-state index contributed by atoms with van der Waals surface area (Å²) in [7, 11) is 0. The first-order valence-electron chi connectivity index (χ1n) is 9.85. The molecule has 2 rings (SSSR count). The first-order chi connectivity index (χ1) is 11.6. The van der Waals surface area contributed by atoms with Crippen LogP contribution < -0.4 is 5.32 Å². The predicted molar refractivity (Wildman–Crippen MR) is 107 cm³/mol. The Balaban J connectivity index is 1.95. The van der Waals surface area contributed by atoms with Gasteiger partial charge in [0, 0.05) is 24.0 Å². The molecule has 0 spiro atoms.